The molecule has 12 nitrogen and oxygen atoms in total. The molecule has 0 aliphatic carbocycles. The number of pyridine rings is 1. The van der Waals surface area contributed by atoms with Gasteiger partial charge in [-0.2, -0.15) is 4.98 Å². The molecule has 0 unspecified atom stereocenters. The van der Waals surface area contributed by atoms with Crippen LogP contribution in [0.4, 0.5) is 0 Å². The van der Waals surface area contributed by atoms with E-state index in [1.807, 2.05) is 24.3 Å². The summed E-state index contributed by atoms with van der Waals surface area (Å²) in [6.07, 6.45) is 0.842. The quantitative estimate of drug-likeness (QED) is 0.347. The number of ether oxygens (including phenoxy) is 1. The first-order valence-electron chi connectivity index (χ1n) is 11.9. The lowest BCUT2D eigenvalue weighted by Gasteiger charge is -2.35. The van der Waals surface area contributed by atoms with Gasteiger partial charge in [0.2, 0.25) is 5.88 Å². The van der Waals surface area contributed by atoms with Gasteiger partial charge in [0.15, 0.2) is 11.7 Å². The molecule has 0 amide bonds. The SMILES string of the molecule is Cc1noc(-c2cccc(OCCCN3CCN(C4=NS5(OC(=O)C(=O)O5)c5ccccc54)CC3)n2)n1. The summed E-state index contributed by atoms with van der Waals surface area (Å²) in [6, 6.07) is 12.9. The molecule has 192 valence electrons. The van der Waals surface area contributed by atoms with Crippen molar-refractivity contribution in [1.82, 2.24) is 24.9 Å². The van der Waals surface area contributed by atoms with Crippen LogP contribution in [0.15, 0.2) is 56.3 Å². The zero-order valence-corrected chi connectivity index (χ0v) is 20.8. The van der Waals surface area contributed by atoms with E-state index in [4.69, 9.17) is 17.6 Å². The van der Waals surface area contributed by atoms with E-state index in [0.29, 0.717) is 40.6 Å². The highest BCUT2D eigenvalue weighted by atomic mass is 32.3. The summed E-state index contributed by atoms with van der Waals surface area (Å²) in [5.41, 5.74) is 1.42. The molecule has 0 saturated carbocycles. The Bertz CT molecular complexity index is 1370. The fourth-order valence-electron chi connectivity index (χ4n) is 4.40. The van der Waals surface area contributed by atoms with Crippen LogP contribution >= 0.6 is 10.8 Å². The Balaban J connectivity index is 1.02. The van der Waals surface area contributed by atoms with Crippen molar-refractivity contribution in [3.63, 3.8) is 0 Å². The summed E-state index contributed by atoms with van der Waals surface area (Å²) < 4.78 is 26.4. The van der Waals surface area contributed by atoms with Crippen LogP contribution in [0, 0.1) is 6.92 Å². The van der Waals surface area contributed by atoms with Gasteiger partial charge in [-0.3, -0.25) is 4.90 Å². The van der Waals surface area contributed by atoms with Gasteiger partial charge < -0.3 is 22.5 Å². The number of carbonyl (C=O) groups excluding carboxylic acids is 2. The highest BCUT2D eigenvalue weighted by molar-refractivity contribution is 8.26. The number of carbonyl (C=O) groups is 2. The van der Waals surface area contributed by atoms with E-state index in [2.05, 4.69) is 29.3 Å². The van der Waals surface area contributed by atoms with Crippen molar-refractivity contribution in [2.75, 3.05) is 39.3 Å². The predicted molar refractivity (Wildman–Crippen MR) is 131 cm³/mol. The van der Waals surface area contributed by atoms with Gasteiger partial charge in [-0.25, -0.2) is 14.6 Å². The Morgan fingerprint density at radius 2 is 1.76 bits per heavy atom. The Morgan fingerprint density at radius 1 is 0.973 bits per heavy atom. The van der Waals surface area contributed by atoms with Gasteiger partial charge in [-0.15, -0.1) is 4.40 Å². The van der Waals surface area contributed by atoms with Crippen molar-refractivity contribution in [3.05, 3.63) is 53.9 Å². The summed E-state index contributed by atoms with van der Waals surface area (Å²) in [4.78, 5) is 37.4. The minimum Gasteiger partial charge on any atom is -0.478 e. The summed E-state index contributed by atoms with van der Waals surface area (Å²) >= 11 is 0. The lowest BCUT2D eigenvalue weighted by Crippen LogP contribution is -2.49. The molecule has 2 fully saturated rings. The number of nitrogens with zero attached hydrogens (tertiary/aromatic N) is 6. The third-order valence-electron chi connectivity index (χ3n) is 6.17. The van der Waals surface area contributed by atoms with Crippen molar-refractivity contribution in [1.29, 1.82) is 0 Å². The lowest BCUT2D eigenvalue weighted by atomic mass is 10.1. The molecular weight excluding hydrogens is 500 g/mol. The number of aryl methyl sites for hydroxylation is 1. The maximum Gasteiger partial charge on any atom is 0.443 e. The van der Waals surface area contributed by atoms with E-state index in [0.717, 1.165) is 44.7 Å². The standard InChI is InChI=1S/C24H24N6O6S/c1-16-25-22(34-27-16)18-7-4-9-20(26-18)33-15-5-10-29-11-13-30(14-12-29)21-17-6-2-3-8-19(17)37(28-21)35-23(31)24(32)36-37/h2-4,6-9H,5,10-15H2,1H3. The molecule has 3 aliphatic heterocycles. The molecule has 6 rings (SSSR count). The zero-order valence-electron chi connectivity index (χ0n) is 20.0. The minimum absolute atomic E-state index is 0.368. The highest BCUT2D eigenvalue weighted by Gasteiger charge is 2.49. The second kappa shape index (κ2) is 9.48. The third-order valence-corrected chi connectivity index (χ3v) is 8.25. The largest absolute Gasteiger partial charge is 0.478 e. The van der Waals surface area contributed by atoms with Crippen molar-refractivity contribution < 1.29 is 27.2 Å². The molecule has 1 spiro atoms. The van der Waals surface area contributed by atoms with Gasteiger partial charge in [0.25, 0.3) is 5.89 Å². The number of benzene rings is 1. The van der Waals surface area contributed by atoms with Crippen LogP contribution in [0.3, 0.4) is 0 Å². The number of aromatic nitrogens is 3. The molecule has 0 atom stereocenters. The zero-order chi connectivity index (χ0) is 25.4. The molecule has 2 saturated heterocycles. The Labute approximate surface area is 214 Å². The van der Waals surface area contributed by atoms with E-state index in [-0.39, 0.29) is 0 Å². The molecule has 13 heteroatoms. The van der Waals surface area contributed by atoms with E-state index in [1.165, 1.54) is 0 Å². The van der Waals surface area contributed by atoms with Crippen molar-refractivity contribution in [3.8, 4) is 17.5 Å². The fourth-order valence-corrected chi connectivity index (χ4v) is 6.46. The van der Waals surface area contributed by atoms with Gasteiger partial charge in [-0.05, 0) is 31.5 Å². The summed E-state index contributed by atoms with van der Waals surface area (Å²) in [6.45, 7) is 6.34. The van der Waals surface area contributed by atoms with Gasteiger partial charge in [0.05, 0.1) is 6.61 Å². The Morgan fingerprint density at radius 3 is 2.51 bits per heavy atom. The number of amidine groups is 1. The number of rotatable bonds is 6. The van der Waals surface area contributed by atoms with E-state index < -0.39 is 22.7 Å². The molecule has 0 radical (unpaired) electrons. The molecule has 0 bridgehead atoms. The number of hydrogen-bond acceptors (Lipinski definition) is 12. The Hall–Kier alpha value is -3.97. The van der Waals surface area contributed by atoms with Crippen molar-refractivity contribution in [2.45, 2.75) is 18.2 Å². The lowest BCUT2D eigenvalue weighted by molar-refractivity contribution is -0.150. The summed E-state index contributed by atoms with van der Waals surface area (Å²) in [5.74, 6) is 0.159. The monoisotopic (exact) mass is 524 g/mol. The van der Waals surface area contributed by atoms with Crippen molar-refractivity contribution in [2.24, 2.45) is 4.40 Å². The summed E-state index contributed by atoms with van der Waals surface area (Å²) in [5, 5.41) is 3.79. The van der Waals surface area contributed by atoms with E-state index >= 15 is 0 Å². The predicted octanol–water partition coefficient (Wildman–Crippen LogP) is 2.30. The number of hydrogen-bond donors (Lipinski definition) is 0. The van der Waals surface area contributed by atoms with E-state index in [9.17, 15) is 9.59 Å². The summed E-state index contributed by atoms with van der Waals surface area (Å²) in [7, 11) is -2.76. The normalized spacial score (nSPS) is 19.4. The molecule has 3 aliphatic rings. The van der Waals surface area contributed by atoms with Gasteiger partial charge >= 0.3 is 11.9 Å². The van der Waals surface area contributed by atoms with Gasteiger partial charge in [0, 0.05) is 55.1 Å². The van der Waals surface area contributed by atoms with Crippen LogP contribution in [-0.2, 0) is 18.0 Å². The van der Waals surface area contributed by atoms with Crippen LogP contribution in [0.2, 0.25) is 0 Å². The number of fused-ring (bicyclic) bond motifs is 2. The average molecular weight is 525 g/mol. The first kappa shape index (κ1) is 23.4. The third kappa shape index (κ3) is 4.51. The maximum absolute atomic E-state index is 11.8. The molecule has 3 aromatic rings. The van der Waals surface area contributed by atoms with Gasteiger partial charge in [-0.1, -0.05) is 23.4 Å². The van der Waals surface area contributed by atoms with Crippen LogP contribution in [0.1, 0.15) is 17.8 Å². The average Bonchev–Trinajstić information content (AvgIpc) is 3.58. The second-order valence-corrected chi connectivity index (χ2v) is 10.6. The Kier molecular flexibility index (Phi) is 6.00. The molecular formula is C24H24N6O6S. The number of piperazine rings is 1. The second-order valence-electron chi connectivity index (χ2n) is 8.67. The van der Waals surface area contributed by atoms with Crippen LogP contribution < -0.4 is 4.74 Å². The van der Waals surface area contributed by atoms with E-state index in [1.54, 1.807) is 25.1 Å². The topological polar surface area (TPSA) is 132 Å². The fraction of sp³-hybridized carbons (Fsp3) is 0.333. The molecule has 1 aromatic carbocycles. The van der Waals surface area contributed by atoms with Gasteiger partial charge in [0.1, 0.15) is 10.6 Å². The first-order valence-corrected chi connectivity index (χ1v) is 13.3. The van der Waals surface area contributed by atoms with Crippen LogP contribution in [0.5, 0.6) is 5.88 Å². The first-order chi connectivity index (χ1) is 18.0. The smallest absolute Gasteiger partial charge is 0.443 e. The maximum atomic E-state index is 11.8. The molecule has 37 heavy (non-hydrogen) atoms. The minimum atomic E-state index is -2.76. The van der Waals surface area contributed by atoms with Crippen LogP contribution in [0.25, 0.3) is 11.6 Å². The van der Waals surface area contributed by atoms with Crippen LogP contribution in [-0.4, -0.2) is 82.0 Å². The molecule has 5 heterocycles. The molecule has 2 aromatic heterocycles. The van der Waals surface area contributed by atoms with Crippen molar-refractivity contribution >= 4 is 28.6 Å². The molecule has 0 N–H and O–H groups in total. The highest BCUT2D eigenvalue weighted by Crippen LogP contribution is 2.66.